The van der Waals surface area contributed by atoms with Crippen molar-refractivity contribution in [1.82, 2.24) is 4.98 Å². The summed E-state index contributed by atoms with van der Waals surface area (Å²) in [7, 11) is 0. The summed E-state index contributed by atoms with van der Waals surface area (Å²) in [6.45, 7) is 1.19. The van der Waals surface area contributed by atoms with E-state index < -0.39 is 0 Å². The molecule has 0 radical (unpaired) electrons. The van der Waals surface area contributed by atoms with Crippen LogP contribution in [0.2, 0.25) is 8.67 Å². The van der Waals surface area contributed by atoms with Crippen LogP contribution in [0.3, 0.4) is 0 Å². The Morgan fingerprint density at radius 1 is 1.40 bits per heavy atom. The number of hydrogen-bond donors (Lipinski definition) is 0. The molecule has 0 unspecified atom stereocenters. The minimum Gasteiger partial charge on any atom is -0.469 e. The van der Waals surface area contributed by atoms with Crippen molar-refractivity contribution < 1.29 is 13.9 Å². The molecule has 0 saturated heterocycles. The van der Waals surface area contributed by atoms with Gasteiger partial charge in [-0.15, -0.1) is 11.3 Å². The molecule has 126 valence electrons. The van der Waals surface area contributed by atoms with Crippen molar-refractivity contribution in [2.24, 2.45) is 0 Å². The highest BCUT2D eigenvalue weighted by molar-refractivity contribution is 7.20. The number of carbonyl (C=O) groups excluding carboxylic acids is 1. The Morgan fingerprint density at radius 2 is 2.20 bits per heavy atom. The lowest BCUT2D eigenvalue weighted by Gasteiger charge is -2.11. The Bertz CT molecular complexity index is 975. The lowest BCUT2D eigenvalue weighted by atomic mass is 10.0. The molecule has 8 heteroatoms. The molecule has 0 aliphatic carbocycles. The summed E-state index contributed by atoms with van der Waals surface area (Å²) < 4.78 is 11.8. The average Bonchev–Trinajstić information content (AvgIpc) is 3.21. The molecule has 3 aromatic rings. The first kappa shape index (κ1) is 17.5. The van der Waals surface area contributed by atoms with Crippen LogP contribution in [-0.4, -0.2) is 17.4 Å². The number of halogens is 2. The summed E-state index contributed by atoms with van der Waals surface area (Å²) in [5.41, 5.74) is 1.76. The van der Waals surface area contributed by atoms with Crippen molar-refractivity contribution >= 4 is 40.3 Å². The molecule has 0 amide bonds. The second-order valence-corrected chi connectivity index (χ2v) is 7.34. The van der Waals surface area contributed by atoms with Gasteiger partial charge in [-0.3, -0.25) is 4.79 Å². The summed E-state index contributed by atoms with van der Waals surface area (Å²) >= 11 is 13.4. The van der Waals surface area contributed by atoms with E-state index in [1.165, 1.54) is 24.5 Å². The van der Waals surface area contributed by atoms with Crippen LogP contribution in [0.25, 0.3) is 22.6 Å². The van der Waals surface area contributed by atoms with Crippen LogP contribution in [0.15, 0.2) is 34.9 Å². The molecule has 3 aromatic heterocycles. The third kappa shape index (κ3) is 3.69. The molecular formula is C17H10Cl2N2O3S. The number of Topliss-reactive ketones (excluding diaryl/α,β-unsaturated/α-hetero) is 1. The van der Waals surface area contributed by atoms with Gasteiger partial charge in [0.05, 0.1) is 16.3 Å². The number of nitrogens with zero attached hydrogens (tertiary/aromatic N) is 2. The van der Waals surface area contributed by atoms with Crippen molar-refractivity contribution in [1.29, 1.82) is 5.26 Å². The van der Waals surface area contributed by atoms with E-state index in [0.29, 0.717) is 31.3 Å². The van der Waals surface area contributed by atoms with Crippen LogP contribution in [0, 0.1) is 11.3 Å². The maximum atomic E-state index is 11.3. The van der Waals surface area contributed by atoms with Gasteiger partial charge in [0.15, 0.2) is 5.78 Å². The van der Waals surface area contributed by atoms with Gasteiger partial charge in [0.25, 0.3) is 0 Å². The van der Waals surface area contributed by atoms with Crippen LogP contribution < -0.4 is 4.74 Å². The lowest BCUT2D eigenvalue weighted by molar-refractivity contribution is -0.119. The number of thiophene rings is 1. The fourth-order valence-corrected chi connectivity index (χ4v) is 3.66. The summed E-state index contributed by atoms with van der Waals surface area (Å²) in [5.74, 6) is 0.331. The Morgan fingerprint density at radius 3 is 2.76 bits per heavy atom. The van der Waals surface area contributed by atoms with Crippen LogP contribution in [0.5, 0.6) is 5.88 Å². The first-order valence-electron chi connectivity index (χ1n) is 7.06. The predicted molar refractivity (Wildman–Crippen MR) is 96.2 cm³/mol. The molecule has 0 aliphatic rings. The molecule has 0 aliphatic heterocycles. The number of hydrogen-bond acceptors (Lipinski definition) is 6. The lowest BCUT2D eigenvalue weighted by Crippen LogP contribution is -2.09. The molecule has 0 aromatic carbocycles. The standard InChI is InChI=1S/C17H10Cl2N2O3S/c1-9(22)8-24-17-12(7-20)10(14-3-2-4-23-14)5-13(21-17)11-6-15(18)25-16(11)19/h2-6H,8H2,1H3. The van der Waals surface area contributed by atoms with Crippen LogP contribution in [-0.2, 0) is 4.79 Å². The van der Waals surface area contributed by atoms with Gasteiger partial charge in [0.1, 0.15) is 28.3 Å². The molecule has 0 N–H and O–H groups in total. The van der Waals surface area contributed by atoms with Crippen molar-refractivity contribution in [3.63, 3.8) is 0 Å². The molecule has 0 saturated carbocycles. The smallest absolute Gasteiger partial charge is 0.233 e. The number of furan rings is 1. The SMILES string of the molecule is CC(=O)COc1nc(-c2cc(Cl)sc2Cl)cc(-c2ccco2)c1C#N. The minimum absolute atomic E-state index is 0.0417. The van der Waals surface area contributed by atoms with Crippen LogP contribution in [0.4, 0.5) is 0 Å². The molecule has 0 spiro atoms. The number of ether oxygens (including phenoxy) is 1. The maximum absolute atomic E-state index is 11.3. The zero-order valence-electron chi connectivity index (χ0n) is 12.9. The van der Waals surface area contributed by atoms with Gasteiger partial charge >= 0.3 is 0 Å². The van der Waals surface area contributed by atoms with Crippen molar-refractivity contribution in [3.05, 3.63) is 44.8 Å². The summed E-state index contributed by atoms with van der Waals surface area (Å²) in [6, 6.07) is 8.86. The first-order chi connectivity index (χ1) is 12.0. The first-order valence-corrected chi connectivity index (χ1v) is 8.63. The highest BCUT2D eigenvalue weighted by atomic mass is 35.5. The molecular weight excluding hydrogens is 383 g/mol. The molecule has 5 nitrogen and oxygen atoms in total. The number of carbonyl (C=O) groups is 1. The zero-order valence-corrected chi connectivity index (χ0v) is 15.2. The van der Waals surface area contributed by atoms with E-state index in [4.69, 9.17) is 32.4 Å². The quantitative estimate of drug-likeness (QED) is 0.594. The molecule has 3 rings (SSSR count). The molecule has 25 heavy (non-hydrogen) atoms. The topological polar surface area (TPSA) is 76.1 Å². The van der Waals surface area contributed by atoms with Gasteiger partial charge in [-0.2, -0.15) is 5.26 Å². The highest BCUT2D eigenvalue weighted by Gasteiger charge is 2.20. The highest BCUT2D eigenvalue weighted by Crippen LogP contribution is 2.40. The van der Waals surface area contributed by atoms with E-state index in [0.717, 1.165) is 0 Å². The molecule has 0 fully saturated rings. The minimum atomic E-state index is -0.194. The Balaban J connectivity index is 2.21. The Labute approximate surface area is 157 Å². The molecule has 0 atom stereocenters. The average molecular weight is 393 g/mol. The number of rotatable bonds is 5. The monoisotopic (exact) mass is 392 g/mol. The van der Waals surface area contributed by atoms with Gasteiger partial charge in [-0.25, -0.2) is 4.98 Å². The Kier molecular flexibility index (Phi) is 5.09. The normalized spacial score (nSPS) is 10.5. The number of ketones is 1. The number of pyridine rings is 1. The maximum Gasteiger partial charge on any atom is 0.233 e. The predicted octanol–water partition coefficient (Wildman–Crippen LogP) is 5.22. The summed E-state index contributed by atoms with van der Waals surface area (Å²) in [5, 5.41) is 9.54. The van der Waals surface area contributed by atoms with Gasteiger partial charge in [0, 0.05) is 11.1 Å². The largest absolute Gasteiger partial charge is 0.469 e. The van der Waals surface area contributed by atoms with Crippen molar-refractivity contribution in [2.45, 2.75) is 6.92 Å². The van der Waals surface area contributed by atoms with Crippen LogP contribution >= 0.6 is 34.5 Å². The fraction of sp³-hybridized carbons (Fsp3) is 0.118. The number of nitriles is 1. The van der Waals surface area contributed by atoms with E-state index in [-0.39, 0.29) is 23.8 Å². The number of aromatic nitrogens is 1. The van der Waals surface area contributed by atoms with Gasteiger partial charge in [-0.05, 0) is 31.2 Å². The third-order valence-electron chi connectivity index (χ3n) is 3.23. The second-order valence-electron chi connectivity index (χ2n) is 5.05. The fourth-order valence-electron chi connectivity index (χ4n) is 2.18. The summed E-state index contributed by atoms with van der Waals surface area (Å²) in [4.78, 5) is 15.6. The zero-order chi connectivity index (χ0) is 18.0. The van der Waals surface area contributed by atoms with E-state index in [2.05, 4.69) is 11.1 Å². The van der Waals surface area contributed by atoms with Crippen molar-refractivity contribution in [3.8, 4) is 34.5 Å². The van der Waals surface area contributed by atoms with E-state index >= 15 is 0 Å². The van der Waals surface area contributed by atoms with E-state index in [1.54, 1.807) is 24.3 Å². The third-order valence-corrected chi connectivity index (χ3v) is 4.72. The summed E-state index contributed by atoms with van der Waals surface area (Å²) in [6.07, 6.45) is 1.50. The van der Waals surface area contributed by atoms with Crippen LogP contribution in [0.1, 0.15) is 12.5 Å². The van der Waals surface area contributed by atoms with E-state index in [9.17, 15) is 10.1 Å². The molecule has 0 bridgehead atoms. The van der Waals surface area contributed by atoms with Crippen molar-refractivity contribution in [2.75, 3.05) is 6.61 Å². The van der Waals surface area contributed by atoms with E-state index in [1.807, 2.05) is 0 Å². The molecule has 3 heterocycles. The van der Waals surface area contributed by atoms with Gasteiger partial charge in [0.2, 0.25) is 5.88 Å². The second kappa shape index (κ2) is 7.28. The van der Waals surface area contributed by atoms with Gasteiger partial charge in [-0.1, -0.05) is 23.2 Å². The van der Waals surface area contributed by atoms with Gasteiger partial charge < -0.3 is 9.15 Å². The Hall–Kier alpha value is -2.33.